The minimum atomic E-state index is -0.857. The van der Waals surface area contributed by atoms with E-state index in [0.29, 0.717) is 6.42 Å². The van der Waals surface area contributed by atoms with E-state index in [0.717, 1.165) is 32.1 Å². The van der Waals surface area contributed by atoms with Crippen molar-refractivity contribution in [3.63, 3.8) is 0 Å². The molecule has 0 heterocycles. The summed E-state index contributed by atoms with van der Waals surface area (Å²) in [5, 5.41) is 23.0. The van der Waals surface area contributed by atoms with Crippen molar-refractivity contribution >= 4 is 5.91 Å². The highest BCUT2D eigenvalue weighted by atomic mass is 16.3. The van der Waals surface area contributed by atoms with Crippen LogP contribution < -0.4 is 5.32 Å². The van der Waals surface area contributed by atoms with Crippen molar-refractivity contribution in [2.24, 2.45) is 0 Å². The van der Waals surface area contributed by atoms with Gasteiger partial charge in [-0.2, -0.15) is 0 Å². The molecule has 0 aromatic rings. The molecular formula is C45H87NO3. The Morgan fingerprint density at radius 3 is 1.18 bits per heavy atom. The predicted molar refractivity (Wildman–Crippen MR) is 216 cm³/mol. The van der Waals surface area contributed by atoms with Crippen molar-refractivity contribution in [3.8, 4) is 0 Å². The lowest BCUT2D eigenvalue weighted by Gasteiger charge is -2.19. The van der Waals surface area contributed by atoms with Gasteiger partial charge in [0.25, 0.3) is 0 Å². The van der Waals surface area contributed by atoms with Crippen LogP contribution in [0.25, 0.3) is 0 Å². The summed E-state index contributed by atoms with van der Waals surface area (Å²) in [6, 6.07) is -0.634. The number of hydrogen-bond donors (Lipinski definition) is 3. The van der Waals surface area contributed by atoms with Gasteiger partial charge in [-0.25, -0.2) is 0 Å². The van der Waals surface area contributed by atoms with Crippen LogP contribution >= 0.6 is 0 Å². The normalized spacial score (nSPS) is 13.1. The van der Waals surface area contributed by atoms with Gasteiger partial charge in [-0.3, -0.25) is 4.79 Å². The van der Waals surface area contributed by atoms with Crippen LogP contribution in [0, 0.1) is 0 Å². The lowest BCUT2D eigenvalue weighted by Crippen LogP contribution is -2.45. The fourth-order valence-electron chi connectivity index (χ4n) is 6.78. The summed E-state index contributed by atoms with van der Waals surface area (Å²) < 4.78 is 0. The lowest BCUT2D eigenvalue weighted by molar-refractivity contribution is -0.123. The maximum absolute atomic E-state index is 12.3. The average molecular weight is 690 g/mol. The van der Waals surface area contributed by atoms with Crippen LogP contribution in [0.4, 0.5) is 0 Å². The standard InChI is InChI=1S/C45H87NO3/c1-3-5-7-9-11-13-15-17-18-19-20-21-22-23-24-25-26-27-29-30-32-34-36-38-40-44(48)43(42-47)46-45(49)41-39-37-35-33-31-28-16-14-12-10-8-6-4-2/h30,32,38,40,43-44,47-48H,3-29,31,33-37,39,41-42H2,1-2H3,(H,46,49)/b32-30+,40-38+. The van der Waals surface area contributed by atoms with Crippen molar-refractivity contribution < 1.29 is 15.0 Å². The van der Waals surface area contributed by atoms with Gasteiger partial charge in [0.2, 0.25) is 5.91 Å². The molecule has 2 atom stereocenters. The number of aliphatic hydroxyl groups is 2. The Balaban J connectivity index is 3.56. The van der Waals surface area contributed by atoms with Gasteiger partial charge in [-0.1, -0.05) is 224 Å². The maximum Gasteiger partial charge on any atom is 0.220 e. The number of carbonyl (C=O) groups excluding carboxylic acids is 1. The first-order chi connectivity index (χ1) is 24.2. The van der Waals surface area contributed by atoms with Crippen LogP contribution in [0.3, 0.4) is 0 Å². The maximum atomic E-state index is 12.3. The number of nitrogens with one attached hydrogen (secondary N) is 1. The fraction of sp³-hybridized carbons (Fsp3) is 0.889. The average Bonchev–Trinajstić information content (AvgIpc) is 3.10. The van der Waals surface area contributed by atoms with E-state index < -0.39 is 12.1 Å². The van der Waals surface area contributed by atoms with Crippen LogP contribution in [0.15, 0.2) is 24.3 Å². The van der Waals surface area contributed by atoms with E-state index >= 15 is 0 Å². The van der Waals surface area contributed by atoms with Crippen molar-refractivity contribution in [1.82, 2.24) is 5.32 Å². The zero-order chi connectivity index (χ0) is 35.7. The molecule has 0 fully saturated rings. The molecule has 0 rings (SSSR count). The van der Waals surface area contributed by atoms with Gasteiger partial charge in [0, 0.05) is 6.42 Å². The van der Waals surface area contributed by atoms with E-state index in [1.807, 2.05) is 6.08 Å². The predicted octanol–water partition coefficient (Wildman–Crippen LogP) is 13.6. The van der Waals surface area contributed by atoms with Gasteiger partial charge in [0.05, 0.1) is 18.8 Å². The van der Waals surface area contributed by atoms with Gasteiger partial charge in [-0.05, 0) is 32.1 Å². The quantitative estimate of drug-likeness (QED) is 0.0443. The van der Waals surface area contributed by atoms with Crippen LogP contribution in [-0.2, 0) is 4.79 Å². The molecule has 4 heteroatoms. The molecule has 0 radical (unpaired) electrons. The Kier molecular flexibility index (Phi) is 40.3. The molecule has 0 aliphatic rings. The van der Waals surface area contributed by atoms with E-state index in [4.69, 9.17) is 0 Å². The number of amides is 1. The van der Waals surface area contributed by atoms with Crippen LogP contribution in [-0.4, -0.2) is 34.9 Å². The van der Waals surface area contributed by atoms with Crippen molar-refractivity contribution in [3.05, 3.63) is 24.3 Å². The van der Waals surface area contributed by atoms with Gasteiger partial charge in [0.1, 0.15) is 0 Å². The van der Waals surface area contributed by atoms with Gasteiger partial charge in [0.15, 0.2) is 0 Å². The van der Waals surface area contributed by atoms with Gasteiger partial charge in [-0.15, -0.1) is 0 Å². The third-order valence-electron chi connectivity index (χ3n) is 10.2. The molecule has 4 nitrogen and oxygen atoms in total. The topological polar surface area (TPSA) is 69.6 Å². The highest BCUT2D eigenvalue weighted by Gasteiger charge is 2.17. The van der Waals surface area contributed by atoms with E-state index in [-0.39, 0.29) is 12.5 Å². The van der Waals surface area contributed by atoms with Gasteiger partial charge < -0.3 is 15.5 Å². The van der Waals surface area contributed by atoms with Gasteiger partial charge >= 0.3 is 0 Å². The molecule has 0 saturated heterocycles. The molecular weight excluding hydrogens is 602 g/mol. The fourth-order valence-corrected chi connectivity index (χ4v) is 6.78. The molecule has 1 amide bonds. The monoisotopic (exact) mass is 690 g/mol. The molecule has 49 heavy (non-hydrogen) atoms. The van der Waals surface area contributed by atoms with E-state index in [1.165, 1.54) is 186 Å². The molecule has 0 aromatic carbocycles. The highest BCUT2D eigenvalue weighted by Crippen LogP contribution is 2.16. The van der Waals surface area contributed by atoms with Crippen LogP contribution in [0.2, 0.25) is 0 Å². The summed E-state index contributed by atoms with van der Waals surface area (Å²) >= 11 is 0. The van der Waals surface area contributed by atoms with E-state index in [1.54, 1.807) is 6.08 Å². The van der Waals surface area contributed by atoms with Crippen molar-refractivity contribution in [2.45, 2.75) is 251 Å². The second-order valence-corrected chi connectivity index (χ2v) is 15.1. The molecule has 0 spiro atoms. The summed E-state index contributed by atoms with van der Waals surface area (Å²) in [6.07, 6.45) is 52.9. The minimum Gasteiger partial charge on any atom is -0.394 e. The molecule has 0 aromatic heterocycles. The molecule has 2 unspecified atom stereocenters. The third kappa shape index (κ3) is 37.9. The second-order valence-electron chi connectivity index (χ2n) is 15.1. The SMILES string of the molecule is CCCCCCCCCCCCCCCCCCCC/C=C/CC/C=C/C(O)C(CO)NC(=O)CCCCCCCCCCCCCCC. The molecule has 0 saturated carbocycles. The summed E-state index contributed by atoms with van der Waals surface area (Å²) in [4.78, 5) is 12.3. The molecule has 290 valence electrons. The first kappa shape index (κ1) is 47.9. The Bertz CT molecular complexity index is 705. The first-order valence-corrected chi connectivity index (χ1v) is 22.1. The third-order valence-corrected chi connectivity index (χ3v) is 10.2. The van der Waals surface area contributed by atoms with Crippen molar-refractivity contribution in [1.29, 1.82) is 0 Å². The van der Waals surface area contributed by atoms with E-state index in [9.17, 15) is 15.0 Å². The smallest absolute Gasteiger partial charge is 0.220 e. The van der Waals surface area contributed by atoms with Crippen LogP contribution in [0.1, 0.15) is 239 Å². The minimum absolute atomic E-state index is 0.0721. The molecule has 0 aliphatic heterocycles. The summed E-state index contributed by atoms with van der Waals surface area (Å²) in [5.41, 5.74) is 0. The molecule has 0 aliphatic carbocycles. The number of rotatable bonds is 40. The Morgan fingerprint density at radius 1 is 0.469 bits per heavy atom. The Hall–Kier alpha value is -1.13. The summed E-state index contributed by atoms with van der Waals surface area (Å²) in [6.45, 7) is 4.31. The Morgan fingerprint density at radius 2 is 0.796 bits per heavy atom. The molecule has 3 N–H and O–H groups in total. The Labute approximate surface area is 307 Å². The number of carbonyl (C=O) groups is 1. The zero-order valence-corrected chi connectivity index (χ0v) is 33.2. The van der Waals surface area contributed by atoms with Crippen LogP contribution in [0.5, 0.6) is 0 Å². The number of allylic oxidation sites excluding steroid dienone is 3. The van der Waals surface area contributed by atoms with E-state index in [2.05, 4.69) is 31.3 Å². The summed E-state index contributed by atoms with van der Waals surface area (Å²) in [5.74, 6) is -0.0721. The largest absolute Gasteiger partial charge is 0.394 e. The zero-order valence-electron chi connectivity index (χ0n) is 33.2. The van der Waals surface area contributed by atoms with Crippen molar-refractivity contribution in [2.75, 3.05) is 6.61 Å². The summed E-state index contributed by atoms with van der Waals surface area (Å²) in [7, 11) is 0. The second kappa shape index (κ2) is 41.3. The number of aliphatic hydroxyl groups excluding tert-OH is 2. The first-order valence-electron chi connectivity index (χ1n) is 22.1. The number of hydrogen-bond acceptors (Lipinski definition) is 3. The highest BCUT2D eigenvalue weighted by molar-refractivity contribution is 5.76. The molecule has 0 bridgehead atoms. The number of unbranched alkanes of at least 4 members (excludes halogenated alkanes) is 31. The lowest BCUT2D eigenvalue weighted by atomic mass is 10.0.